The summed E-state index contributed by atoms with van der Waals surface area (Å²) >= 11 is 0. The molecule has 1 saturated heterocycles. The molecule has 3 aromatic rings. The first-order valence-electron chi connectivity index (χ1n) is 8.99. The van der Waals surface area contributed by atoms with Gasteiger partial charge in [-0.15, -0.1) is 0 Å². The van der Waals surface area contributed by atoms with E-state index in [1.165, 1.54) is 12.8 Å². The zero-order valence-electron chi connectivity index (χ0n) is 14.3. The Balaban J connectivity index is 1.46. The third kappa shape index (κ3) is 2.68. The van der Waals surface area contributed by atoms with Gasteiger partial charge in [-0.25, -0.2) is 9.97 Å². The molecule has 4 heterocycles. The molecule has 3 aromatic heterocycles. The van der Waals surface area contributed by atoms with Crippen LogP contribution in [0.5, 0.6) is 0 Å². The molecule has 1 aliphatic heterocycles. The Labute approximate surface area is 151 Å². The second-order valence-electron chi connectivity index (χ2n) is 7.10. The number of anilines is 1. The van der Waals surface area contributed by atoms with E-state index in [9.17, 15) is 0 Å². The summed E-state index contributed by atoms with van der Waals surface area (Å²) in [4.78, 5) is 13.5. The van der Waals surface area contributed by atoms with Crippen molar-refractivity contribution >= 4 is 11.5 Å². The zero-order chi connectivity index (χ0) is 17.5. The molecule has 5 rings (SSSR count). The molecular formula is C19H19N7. The lowest BCUT2D eigenvalue weighted by Crippen LogP contribution is -2.30. The molecule has 0 amide bonds. The molecule has 7 heteroatoms. The van der Waals surface area contributed by atoms with Crippen LogP contribution in [-0.2, 0) is 0 Å². The van der Waals surface area contributed by atoms with Gasteiger partial charge in [0.15, 0.2) is 0 Å². The monoisotopic (exact) mass is 345 g/mol. The fourth-order valence-corrected chi connectivity index (χ4v) is 3.86. The number of imidazole rings is 1. The van der Waals surface area contributed by atoms with E-state index in [2.05, 4.69) is 26.7 Å². The summed E-state index contributed by atoms with van der Waals surface area (Å²) in [6.45, 7) is 2.05. The smallest absolute Gasteiger partial charge is 0.145 e. The number of aromatic nitrogens is 4. The molecule has 1 aliphatic carbocycles. The van der Waals surface area contributed by atoms with Gasteiger partial charge in [0.05, 0.1) is 29.8 Å². The number of pyridine rings is 1. The lowest BCUT2D eigenvalue weighted by atomic mass is 9.98. The molecule has 0 spiro atoms. The van der Waals surface area contributed by atoms with Gasteiger partial charge in [-0.2, -0.15) is 5.26 Å². The van der Waals surface area contributed by atoms with E-state index in [-0.39, 0.29) is 0 Å². The van der Waals surface area contributed by atoms with E-state index in [0.29, 0.717) is 17.5 Å². The maximum absolute atomic E-state index is 9.15. The number of rotatable bonds is 4. The first-order chi connectivity index (χ1) is 12.8. The van der Waals surface area contributed by atoms with Crippen molar-refractivity contribution in [2.24, 2.45) is 11.8 Å². The van der Waals surface area contributed by atoms with Crippen molar-refractivity contribution in [2.75, 3.05) is 18.4 Å². The number of nitrogens with zero attached hydrogens (tertiary/aromatic N) is 5. The zero-order valence-corrected chi connectivity index (χ0v) is 14.3. The third-order valence-corrected chi connectivity index (χ3v) is 5.35. The van der Waals surface area contributed by atoms with Crippen LogP contribution in [-0.4, -0.2) is 38.5 Å². The van der Waals surface area contributed by atoms with Crippen LogP contribution >= 0.6 is 0 Å². The highest BCUT2D eigenvalue weighted by Crippen LogP contribution is 2.40. The van der Waals surface area contributed by atoms with E-state index in [1.54, 1.807) is 30.9 Å². The Morgan fingerprint density at radius 2 is 2.12 bits per heavy atom. The Morgan fingerprint density at radius 3 is 2.96 bits per heavy atom. The van der Waals surface area contributed by atoms with Gasteiger partial charge in [-0.1, -0.05) is 0 Å². The van der Waals surface area contributed by atoms with Gasteiger partial charge in [0.2, 0.25) is 0 Å². The second-order valence-corrected chi connectivity index (χ2v) is 7.10. The van der Waals surface area contributed by atoms with Crippen LogP contribution in [0.15, 0.2) is 36.9 Å². The molecule has 2 atom stereocenters. The standard InChI is InChI=1S/C19H19N7/c20-5-12-1-4-19-23-9-17(26(19)11-12)16-8-22-10-18(25-16)24-15-7-21-6-14(15)13-2-3-13/h1,4,8-11,13-15,21H,2-3,6-7H2,(H,24,25)/t14-,15-/m0/s1. The lowest BCUT2D eigenvalue weighted by molar-refractivity contribution is 0.473. The molecular weight excluding hydrogens is 326 g/mol. The normalized spacial score (nSPS) is 22.4. The topological polar surface area (TPSA) is 90.9 Å². The minimum absolute atomic E-state index is 0.402. The number of nitriles is 1. The first-order valence-corrected chi connectivity index (χ1v) is 8.99. The van der Waals surface area contributed by atoms with Gasteiger partial charge < -0.3 is 10.6 Å². The SMILES string of the molecule is N#Cc1ccc2ncc(-c3cncc(N[C@H]4CNC[C@H]4C4CC4)n3)n2c1. The molecule has 0 bridgehead atoms. The van der Waals surface area contributed by atoms with Crippen molar-refractivity contribution in [2.45, 2.75) is 18.9 Å². The summed E-state index contributed by atoms with van der Waals surface area (Å²) in [7, 11) is 0. The number of nitrogens with one attached hydrogen (secondary N) is 2. The maximum atomic E-state index is 9.15. The van der Waals surface area contributed by atoms with Crippen molar-refractivity contribution in [3.8, 4) is 17.5 Å². The predicted molar refractivity (Wildman–Crippen MR) is 97.4 cm³/mol. The summed E-state index contributed by atoms with van der Waals surface area (Å²) in [5.74, 6) is 2.31. The Kier molecular flexibility index (Phi) is 3.57. The number of hydrogen-bond acceptors (Lipinski definition) is 6. The van der Waals surface area contributed by atoms with Crippen LogP contribution in [0, 0.1) is 23.2 Å². The van der Waals surface area contributed by atoms with Gasteiger partial charge in [0, 0.05) is 25.3 Å². The molecule has 0 aromatic carbocycles. The molecule has 26 heavy (non-hydrogen) atoms. The summed E-state index contributed by atoms with van der Waals surface area (Å²) in [6, 6.07) is 6.17. The van der Waals surface area contributed by atoms with Gasteiger partial charge >= 0.3 is 0 Å². The van der Waals surface area contributed by atoms with Crippen LogP contribution in [0.4, 0.5) is 5.82 Å². The summed E-state index contributed by atoms with van der Waals surface area (Å²) < 4.78 is 1.89. The summed E-state index contributed by atoms with van der Waals surface area (Å²) in [5.41, 5.74) is 2.94. The molecule has 0 radical (unpaired) electrons. The number of fused-ring (bicyclic) bond motifs is 1. The van der Waals surface area contributed by atoms with Crippen molar-refractivity contribution in [1.82, 2.24) is 24.7 Å². The van der Waals surface area contributed by atoms with E-state index in [1.807, 2.05) is 10.5 Å². The van der Waals surface area contributed by atoms with Gasteiger partial charge in [-0.05, 0) is 36.8 Å². The fourth-order valence-electron chi connectivity index (χ4n) is 3.86. The van der Waals surface area contributed by atoms with Crippen LogP contribution in [0.3, 0.4) is 0 Å². The van der Waals surface area contributed by atoms with Crippen LogP contribution < -0.4 is 10.6 Å². The second kappa shape index (κ2) is 6.07. The molecule has 2 fully saturated rings. The van der Waals surface area contributed by atoms with E-state index in [4.69, 9.17) is 10.2 Å². The first kappa shape index (κ1) is 15.3. The lowest BCUT2D eigenvalue weighted by Gasteiger charge is -2.20. The largest absolute Gasteiger partial charge is 0.364 e. The highest BCUT2D eigenvalue weighted by molar-refractivity contribution is 5.61. The van der Waals surface area contributed by atoms with E-state index < -0.39 is 0 Å². The molecule has 2 N–H and O–H groups in total. The van der Waals surface area contributed by atoms with Gasteiger partial charge in [-0.3, -0.25) is 9.38 Å². The minimum Gasteiger partial charge on any atom is -0.364 e. The minimum atomic E-state index is 0.402. The van der Waals surface area contributed by atoms with Gasteiger partial charge in [0.25, 0.3) is 0 Å². The van der Waals surface area contributed by atoms with E-state index in [0.717, 1.165) is 41.9 Å². The van der Waals surface area contributed by atoms with Gasteiger partial charge in [0.1, 0.15) is 23.2 Å². The van der Waals surface area contributed by atoms with Crippen molar-refractivity contribution in [3.63, 3.8) is 0 Å². The molecule has 1 saturated carbocycles. The quantitative estimate of drug-likeness (QED) is 0.752. The molecule has 2 aliphatic rings. The Morgan fingerprint density at radius 1 is 1.19 bits per heavy atom. The molecule has 130 valence electrons. The average molecular weight is 345 g/mol. The predicted octanol–water partition coefficient (Wildman–Crippen LogP) is 2.07. The molecule has 0 unspecified atom stereocenters. The Bertz CT molecular complexity index is 999. The molecule has 7 nitrogen and oxygen atoms in total. The highest BCUT2D eigenvalue weighted by Gasteiger charge is 2.39. The van der Waals surface area contributed by atoms with Crippen LogP contribution in [0.25, 0.3) is 17.0 Å². The third-order valence-electron chi connectivity index (χ3n) is 5.35. The Hall–Kier alpha value is -2.98. The van der Waals surface area contributed by atoms with E-state index >= 15 is 0 Å². The average Bonchev–Trinajstić information content (AvgIpc) is 3.26. The number of hydrogen-bond donors (Lipinski definition) is 2. The maximum Gasteiger partial charge on any atom is 0.145 e. The fraction of sp³-hybridized carbons (Fsp3) is 0.368. The van der Waals surface area contributed by atoms with Crippen LogP contribution in [0.1, 0.15) is 18.4 Å². The van der Waals surface area contributed by atoms with Crippen LogP contribution in [0.2, 0.25) is 0 Å². The van der Waals surface area contributed by atoms with Crippen molar-refractivity contribution in [3.05, 3.63) is 42.5 Å². The van der Waals surface area contributed by atoms with Crippen molar-refractivity contribution in [1.29, 1.82) is 5.26 Å². The summed E-state index contributed by atoms with van der Waals surface area (Å²) in [6.07, 6.45) is 9.76. The highest BCUT2D eigenvalue weighted by atomic mass is 15.1. The summed E-state index contributed by atoms with van der Waals surface area (Å²) in [5, 5.41) is 16.2. The van der Waals surface area contributed by atoms with Crippen molar-refractivity contribution < 1.29 is 0 Å².